The average Bonchev–Trinajstić information content (AvgIpc) is 2.92. The van der Waals surface area contributed by atoms with Crippen LogP contribution in [0.4, 0.5) is 17.5 Å². The highest BCUT2D eigenvalue weighted by molar-refractivity contribution is 5.83. The number of hydrogen-bond donors (Lipinski definition) is 3. The molecule has 0 fully saturated rings. The normalized spacial score (nSPS) is 10.2. The zero-order valence-electron chi connectivity index (χ0n) is 13.0. The van der Waals surface area contributed by atoms with Crippen LogP contribution in [-0.4, -0.2) is 19.5 Å². The molecule has 0 bridgehead atoms. The summed E-state index contributed by atoms with van der Waals surface area (Å²) in [5.74, 6) is 0.802. The lowest BCUT2D eigenvalue weighted by atomic mass is 10.2. The van der Waals surface area contributed by atoms with Gasteiger partial charge in [0.05, 0.1) is 6.33 Å². The van der Waals surface area contributed by atoms with E-state index in [1.54, 1.807) is 10.9 Å². The molecule has 7 nitrogen and oxygen atoms in total. The molecule has 0 spiro atoms. The van der Waals surface area contributed by atoms with Crippen molar-refractivity contribution in [2.24, 2.45) is 12.8 Å². The Hall–Kier alpha value is -2.67. The van der Waals surface area contributed by atoms with E-state index in [0.29, 0.717) is 29.5 Å². The maximum atomic E-state index is 5.89. The standard InChI is InChI=1S/C13H15N7.C2H6/c1-20-7-16-10-11(15)18-13(19-12(10)20)17-9-4-2-8(6-14)3-5-9;1-2/h2-5,7H,6,14H2,1H3,(H3,15,17,18,19);1-2H3. The van der Waals surface area contributed by atoms with Gasteiger partial charge in [0.1, 0.15) is 5.52 Å². The van der Waals surface area contributed by atoms with Crippen molar-refractivity contribution < 1.29 is 0 Å². The highest BCUT2D eigenvalue weighted by atomic mass is 15.2. The van der Waals surface area contributed by atoms with E-state index in [1.807, 2.05) is 45.2 Å². The Bertz CT molecular complexity index is 746. The van der Waals surface area contributed by atoms with Crippen LogP contribution in [0.2, 0.25) is 0 Å². The minimum atomic E-state index is 0.358. The number of benzene rings is 1. The molecule has 0 amide bonds. The van der Waals surface area contributed by atoms with Gasteiger partial charge in [-0.05, 0) is 17.7 Å². The fourth-order valence-electron chi connectivity index (χ4n) is 1.94. The first-order valence-electron chi connectivity index (χ1n) is 7.18. The maximum absolute atomic E-state index is 5.89. The lowest BCUT2D eigenvalue weighted by molar-refractivity contribution is 0.929. The SMILES string of the molecule is CC.Cn1cnc2c(N)nc(Nc3ccc(CN)cc3)nc21. The topological polar surface area (TPSA) is 108 Å². The van der Waals surface area contributed by atoms with Crippen molar-refractivity contribution in [1.29, 1.82) is 0 Å². The Labute approximate surface area is 129 Å². The molecule has 22 heavy (non-hydrogen) atoms. The summed E-state index contributed by atoms with van der Waals surface area (Å²) in [5, 5.41) is 3.12. The van der Waals surface area contributed by atoms with Crippen molar-refractivity contribution in [2.45, 2.75) is 20.4 Å². The zero-order valence-corrected chi connectivity index (χ0v) is 13.0. The molecule has 3 rings (SSSR count). The van der Waals surface area contributed by atoms with Crippen LogP contribution < -0.4 is 16.8 Å². The lowest BCUT2D eigenvalue weighted by Crippen LogP contribution is -2.03. The molecule has 0 saturated heterocycles. The molecule has 0 aliphatic carbocycles. The fourth-order valence-corrected chi connectivity index (χ4v) is 1.94. The second kappa shape index (κ2) is 6.86. The fraction of sp³-hybridized carbons (Fsp3) is 0.267. The van der Waals surface area contributed by atoms with E-state index >= 15 is 0 Å². The number of aryl methyl sites for hydroxylation is 1. The minimum Gasteiger partial charge on any atom is -0.382 e. The molecule has 3 aromatic rings. The molecule has 1 aromatic carbocycles. The monoisotopic (exact) mass is 299 g/mol. The quantitative estimate of drug-likeness (QED) is 0.684. The number of nitrogens with zero attached hydrogens (tertiary/aromatic N) is 4. The molecule has 0 radical (unpaired) electrons. The van der Waals surface area contributed by atoms with E-state index in [1.165, 1.54) is 0 Å². The number of imidazole rings is 1. The average molecular weight is 299 g/mol. The Morgan fingerprint density at radius 2 is 1.82 bits per heavy atom. The molecule has 0 unspecified atom stereocenters. The van der Waals surface area contributed by atoms with Crippen LogP contribution in [-0.2, 0) is 13.6 Å². The molecular weight excluding hydrogens is 278 g/mol. The van der Waals surface area contributed by atoms with Crippen molar-refractivity contribution in [3.63, 3.8) is 0 Å². The highest BCUT2D eigenvalue weighted by Gasteiger charge is 2.09. The van der Waals surface area contributed by atoms with Gasteiger partial charge in [0.2, 0.25) is 5.95 Å². The molecule has 0 atom stereocenters. The van der Waals surface area contributed by atoms with Gasteiger partial charge in [0.15, 0.2) is 11.5 Å². The van der Waals surface area contributed by atoms with Crippen molar-refractivity contribution in [3.05, 3.63) is 36.2 Å². The van der Waals surface area contributed by atoms with Gasteiger partial charge in [-0.2, -0.15) is 9.97 Å². The largest absolute Gasteiger partial charge is 0.382 e. The number of nitrogens with one attached hydrogen (secondary N) is 1. The summed E-state index contributed by atoms with van der Waals surface area (Å²) in [5.41, 5.74) is 14.7. The summed E-state index contributed by atoms with van der Waals surface area (Å²) in [6.07, 6.45) is 1.66. The van der Waals surface area contributed by atoms with Crippen LogP contribution in [0.3, 0.4) is 0 Å². The van der Waals surface area contributed by atoms with E-state index in [9.17, 15) is 0 Å². The number of fused-ring (bicyclic) bond motifs is 1. The lowest BCUT2D eigenvalue weighted by Gasteiger charge is -2.07. The van der Waals surface area contributed by atoms with Crippen LogP contribution in [0.15, 0.2) is 30.6 Å². The summed E-state index contributed by atoms with van der Waals surface area (Å²) in [6, 6.07) is 7.76. The number of nitrogens with two attached hydrogens (primary N) is 2. The van der Waals surface area contributed by atoms with Gasteiger partial charge in [-0.1, -0.05) is 26.0 Å². The Balaban J connectivity index is 0.000000847. The zero-order chi connectivity index (χ0) is 16.1. The van der Waals surface area contributed by atoms with Crippen LogP contribution in [0.25, 0.3) is 11.2 Å². The molecule has 2 heterocycles. The number of nitrogen functional groups attached to an aromatic ring is 1. The third-order valence-corrected chi connectivity index (χ3v) is 3.03. The maximum Gasteiger partial charge on any atom is 0.231 e. The molecule has 0 saturated carbocycles. The van der Waals surface area contributed by atoms with Gasteiger partial charge in [-0.15, -0.1) is 0 Å². The first kappa shape index (κ1) is 15.7. The second-order valence-corrected chi connectivity index (χ2v) is 4.49. The third-order valence-electron chi connectivity index (χ3n) is 3.03. The van der Waals surface area contributed by atoms with E-state index in [4.69, 9.17) is 11.5 Å². The van der Waals surface area contributed by atoms with Crippen molar-refractivity contribution >= 4 is 28.6 Å². The summed E-state index contributed by atoms with van der Waals surface area (Å²) >= 11 is 0. The molecule has 7 heteroatoms. The van der Waals surface area contributed by atoms with Gasteiger partial charge in [0, 0.05) is 19.3 Å². The Morgan fingerprint density at radius 1 is 1.14 bits per heavy atom. The molecular formula is C15H21N7. The minimum absolute atomic E-state index is 0.358. The third kappa shape index (κ3) is 3.15. The van der Waals surface area contributed by atoms with E-state index in [-0.39, 0.29) is 0 Å². The van der Waals surface area contributed by atoms with E-state index in [0.717, 1.165) is 11.3 Å². The molecule has 5 N–H and O–H groups in total. The van der Waals surface area contributed by atoms with E-state index < -0.39 is 0 Å². The predicted octanol–water partition coefficient (Wildman–Crippen LogP) is 2.17. The summed E-state index contributed by atoms with van der Waals surface area (Å²) in [6.45, 7) is 4.52. The molecule has 0 aliphatic heterocycles. The Kier molecular flexibility index (Phi) is 4.90. The first-order chi connectivity index (χ1) is 10.7. The van der Waals surface area contributed by atoms with Crippen molar-refractivity contribution in [1.82, 2.24) is 19.5 Å². The Morgan fingerprint density at radius 3 is 2.45 bits per heavy atom. The first-order valence-corrected chi connectivity index (χ1v) is 7.18. The van der Waals surface area contributed by atoms with Gasteiger partial charge in [-0.25, -0.2) is 4.98 Å². The van der Waals surface area contributed by atoms with Crippen molar-refractivity contribution in [2.75, 3.05) is 11.1 Å². The molecule has 0 aliphatic rings. The molecule has 116 valence electrons. The summed E-state index contributed by atoms with van der Waals surface area (Å²) in [4.78, 5) is 12.8. The molecule has 2 aromatic heterocycles. The van der Waals surface area contributed by atoms with Crippen LogP contribution in [0.5, 0.6) is 0 Å². The van der Waals surface area contributed by atoms with Gasteiger partial charge in [0.25, 0.3) is 0 Å². The smallest absolute Gasteiger partial charge is 0.231 e. The van der Waals surface area contributed by atoms with Crippen LogP contribution in [0.1, 0.15) is 19.4 Å². The van der Waals surface area contributed by atoms with E-state index in [2.05, 4.69) is 20.3 Å². The van der Waals surface area contributed by atoms with Crippen LogP contribution in [0, 0.1) is 0 Å². The predicted molar refractivity (Wildman–Crippen MR) is 89.7 cm³/mol. The summed E-state index contributed by atoms with van der Waals surface area (Å²) in [7, 11) is 1.86. The second-order valence-electron chi connectivity index (χ2n) is 4.49. The van der Waals surface area contributed by atoms with Gasteiger partial charge >= 0.3 is 0 Å². The van der Waals surface area contributed by atoms with Crippen molar-refractivity contribution in [3.8, 4) is 0 Å². The summed E-state index contributed by atoms with van der Waals surface area (Å²) < 4.78 is 1.80. The van der Waals surface area contributed by atoms with Crippen LogP contribution >= 0.6 is 0 Å². The van der Waals surface area contributed by atoms with Gasteiger partial charge in [-0.3, -0.25) is 0 Å². The number of rotatable bonds is 3. The highest BCUT2D eigenvalue weighted by Crippen LogP contribution is 2.20. The van der Waals surface area contributed by atoms with Gasteiger partial charge < -0.3 is 21.4 Å². The number of aromatic nitrogens is 4. The number of hydrogen-bond acceptors (Lipinski definition) is 6. The number of anilines is 3.